The molecule has 0 aliphatic carbocycles. The Morgan fingerprint density at radius 1 is 1.23 bits per heavy atom. The number of aromatic nitrogens is 2. The molecular weight excluding hydrogens is 402 g/mol. The Morgan fingerprint density at radius 3 is 2.35 bits per heavy atom. The van der Waals surface area contributed by atoms with Gasteiger partial charge in [-0.05, 0) is 58.7 Å². The van der Waals surface area contributed by atoms with Gasteiger partial charge in [-0.25, -0.2) is 4.98 Å². The van der Waals surface area contributed by atoms with Crippen LogP contribution < -0.4 is 5.32 Å². The highest BCUT2D eigenvalue weighted by Gasteiger charge is 2.21. The third-order valence-corrected chi connectivity index (χ3v) is 5.56. The summed E-state index contributed by atoms with van der Waals surface area (Å²) in [5.74, 6) is 4.40. The molecule has 0 saturated carbocycles. The predicted molar refractivity (Wildman–Crippen MR) is 131 cm³/mol. The second kappa shape index (κ2) is 10.8. The van der Waals surface area contributed by atoms with Crippen molar-refractivity contribution < 1.29 is 9.53 Å². The number of rotatable bonds is 4. The first-order chi connectivity index (χ1) is 14.5. The first-order valence-corrected chi connectivity index (χ1v) is 14.6. The molecule has 5 nitrogen and oxygen atoms in total. The molecule has 3 rings (SSSR count). The van der Waals surface area contributed by atoms with Crippen LogP contribution in [0.4, 0.5) is 0 Å². The van der Waals surface area contributed by atoms with Crippen LogP contribution in [0.3, 0.4) is 0 Å². The summed E-state index contributed by atoms with van der Waals surface area (Å²) in [6, 6.07) is 8.91. The number of hydrogen-bond acceptors (Lipinski definition) is 4. The molecule has 0 bridgehead atoms. The standard InChI is InChI=1S/C20H27N3Si.C5H10O2/c1-5-17-19(23-20(22-17)18-7-6-13-21-18)16-10-8-15(9-11-16)12-14-24(2,3)4;1-5(2,3)7-4-6/h8-11,18,21H,5-7,13H2,1-4H3,(H,22,23);4H,1-3H3/t18-;/m0./s1. The van der Waals surface area contributed by atoms with Crippen molar-refractivity contribution in [3.63, 3.8) is 0 Å². The lowest BCUT2D eigenvalue weighted by atomic mass is 10.1. The minimum Gasteiger partial charge on any atom is -0.462 e. The van der Waals surface area contributed by atoms with Crippen LogP contribution in [0.25, 0.3) is 11.3 Å². The molecule has 1 atom stereocenters. The van der Waals surface area contributed by atoms with Crippen molar-refractivity contribution in [2.45, 2.75) is 78.2 Å². The Balaban J connectivity index is 0.000000423. The van der Waals surface area contributed by atoms with E-state index in [9.17, 15) is 4.79 Å². The molecule has 2 heterocycles. The molecule has 1 fully saturated rings. The smallest absolute Gasteiger partial charge is 0.293 e. The van der Waals surface area contributed by atoms with Crippen LogP contribution in [0.5, 0.6) is 0 Å². The molecule has 6 heteroatoms. The summed E-state index contributed by atoms with van der Waals surface area (Å²) in [4.78, 5) is 18.0. The fourth-order valence-electron chi connectivity index (χ4n) is 3.12. The maximum absolute atomic E-state index is 9.60. The topological polar surface area (TPSA) is 67.0 Å². The monoisotopic (exact) mass is 439 g/mol. The van der Waals surface area contributed by atoms with Crippen LogP contribution in [0.15, 0.2) is 24.3 Å². The van der Waals surface area contributed by atoms with E-state index in [2.05, 4.69) is 77.3 Å². The quantitative estimate of drug-likeness (QED) is 0.388. The Labute approximate surface area is 188 Å². The number of aryl methyl sites for hydroxylation is 1. The third kappa shape index (κ3) is 8.35. The summed E-state index contributed by atoms with van der Waals surface area (Å²) in [5.41, 5.74) is 7.68. The summed E-state index contributed by atoms with van der Waals surface area (Å²) >= 11 is 0. The molecule has 1 saturated heterocycles. The molecule has 1 aromatic carbocycles. The minimum absolute atomic E-state index is 0.318. The average Bonchev–Trinajstić information content (AvgIpc) is 3.35. The second-order valence-corrected chi connectivity index (χ2v) is 14.6. The number of H-pyrrole nitrogens is 1. The predicted octanol–water partition coefficient (Wildman–Crippen LogP) is 5.25. The molecule has 1 aromatic heterocycles. The summed E-state index contributed by atoms with van der Waals surface area (Å²) < 4.78 is 4.55. The highest BCUT2D eigenvalue weighted by atomic mass is 28.3. The lowest BCUT2D eigenvalue weighted by Gasteiger charge is -2.14. The number of imidazole rings is 1. The minimum atomic E-state index is -1.33. The Morgan fingerprint density at radius 2 is 1.90 bits per heavy atom. The summed E-state index contributed by atoms with van der Waals surface area (Å²) in [5, 5.41) is 3.52. The van der Waals surface area contributed by atoms with Crippen LogP contribution in [-0.4, -0.2) is 36.7 Å². The van der Waals surface area contributed by atoms with Crippen molar-refractivity contribution in [2.75, 3.05) is 6.54 Å². The first-order valence-electron chi connectivity index (χ1n) is 11.1. The van der Waals surface area contributed by atoms with Gasteiger partial charge in [-0.15, -0.1) is 5.54 Å². The maximum atomic E-state index is 9.60. The number of nitrogens with zero attached hydrogens (tertiary/aromatic N) is 1. The van der Waals surface area contributed by atoms with Crippen LogP contribution in [-0.2, 0) is 16.0 Å². The number of aromatic amines is 1. The lowest BCUT2D eigenvalue weighted by Crippen LogP contribution is -2.17. The SMILES string of the molecule is CC(C)(C)OC=O.CCc1[nH]c([C@@H]2CCCN2)nc1-c1ccc(C#C[Si](C)(C)C)cc1. The number of ether oxygens (including phenoxy) is 1. The Hall–Kier alpha value is -2.36. The summed E-state index contributed by atoms with van der Waals surface area (Å²) in [6.45, 7) is 16.0. The molecule has 0 spiro atoms. The van der Waals surface area contributed by atoms with Crippen molar-refractivity contribution in [3.8, 4) is 22.7 Å². The van der Waals surface area contributed by atoms with E-state index in [-0.39, 0.29) is 5.60 Å². The van der Waals surface area contributed by atoms with Gasteiger partial charge in [0.25, 0.3) is 6.47 Å². The zero-order valence-corrected chi connectivity index (χ0v) is 21.1. The average molecular weight is 440 g/mol. The lowest BCUT2D eigenvalue weighted by molar-refractivity contribution is -0.138. The van der Waals surface area contributed by atoms with E-state index in [1.165, 1.54) is 24.1 Å². The summed E-state index contributed by atoms with van der Waals surface area (Å²) in [6.07, 6.45) is 3.36. The van der Waals surface area contributed by atoms with E-state index < -0.39 is 8.07 Å². The van der Waals surface area contributed by atoms with Gasteiger partial charge in [0.2, 0.25) is 0 Å². The largest absolute Gasteiger partial charge is 0.462 e. The van der Waals surface area contributed by atoms with Gasteiger partial charge in [-0.1, -0.05) is 44.6 Å². The molecule has 2 N–H and O–H groups in total. The van der Waals surface area contributed by atoms with E-state index in [1.807, 2.05) is 20.8 Å². The molecule has 0 amide bonds. The molecule has 0 unspecified atom stereocenters. The van der Waals surface area contributed by atoms with Gasteiger partial charge in [0.1, 0.15) is 19.5 Å². The fraction of sp³-hybridized carbons (Fsp3) is 0.520. The van der Waals surface area contributed by atoms with Crippen molar-refractivity contribution in [1.82, 2.24) is 15.3 Å². The zero-order chi connectivity index (χ0) is 23.1. The maximum Gasteiger partial charge on any atom is 0.293 e. The van der Waals surface area contributed by atoms with Crippen molar-refractivity contribution in [3.05, 3.63) is 41.3 Å². The van der Waals surface area contributed by atoms with Crippen LogP contribution >= 0.6 is 0 Å². The van der Waals surface area contributed by atoms with Gasteiger partial charge in [-0.3, -0.25) is 4.79 Å². The Bertz CT molecular complexity index is 903. The summed E-state index contributed by atoms with van der Waals surface area (Å²) in [7, 11) is -1.33. The molecule has 31 heavy (non-hydrogen) atoms. The van der Waals surface area contributed by atoms with Gasteiger partial charge in [0, 0.05) is 16.8 Å². The highest BCUT2D eigenvalue weighted by molar-refractivity contribution is 6.83. The zero-order valence-electron chi connectivity index (χ0n) is 20.1. The normalized spacial score (nSPS) is 16.0. The van der Waals surface area contributed by atoms with E-state index in [1.54, 1.807) is 0 Å². The number of carbonyl (C=O) groups is 1. The van der Waals surface area contributed by atoms with E-state index >= 15 is 0 Å². The highest BCUT2D eigenvalue weighted by Crippen LogP contribution is 2.27. The molecule has 2 aromatic rings. The second-order valence-electron chi connectivity index (χ2n) is 9.86. The van der Waals surface area contributed by atoms with Crippen molar-refractivity contribution in [2.24, 2.45) is 0 Å². The van der Waals surface area contributed by atoms with Crippen LogP contribution in [0, 0.1) is 11.5 Å². The molecule has 1 aliphatic rings. The van der Waals surface area contributed by atoms with Crippen molar-refractivity contribution >= 4 is 14.5 Å². The van der Waals surface area contributed by atoms with Gasteiger partial charge in [-0.2, -0.15) is 0 Å². The van der Waals surface area contributed by atoms with E-state index in [0.29, 0.717) is 12.5 Å². The number of benzene rings is 1. The number of carbonyl (C=O) groups excluding carboxylic acids is 1. The van der Waals surface area contributed by atoms with Gasteiger partial charge >= 0.3 is 0 Å². The van der Waals surface area contributed by atoms with Crippen molar-refractivity contribution in [1.29, 1.82) is 0 Å². The Kier molecular flexibility index (Phi) is 8.66. The van der Waals surface area contributed by atoms with Crippen LogP contribution in [0.1, 0.15) is 63.7 Å². The van der Waals surface area contributed by atoms with Crippen LogP contribution in [0.2, 0.25) is 19.6 Å². The van der Waals surface area contributed by atoms with Gasteiger partial charge in [0.15, 0.2) is 0 Å². The molecular formula is C25H37N3O2Si. The number of hydrogen-bond donors (Lipinski definition) is 2. The van der Waals surface area contributed by atoms with Gasteiger partial charge in [0.05, 0.1) is 11.7 Å². The number of nitrogens with one attached hydrogen (secondary N) is 2. The molecule has 168 valence electrons. The van der Waals surface area contributed by atoms with E-state index in [4.69, 9.17) is 4.98 Å². The van der Waals surface area contributed by atoms with E-state index in [0.717, 1.165) is 30.0 Å². The molecule has 0 radical (unpaired) electrons. The van der Waals surface area contributed by atoms with Gasteiger partial charge < -0.3 is 15.0 Å². The third-order valence-electron chi connectivity index (χ3n) is 4.68. The molecule has 1 aliphatic heterocycles. The fourth-order valence-corrected chi connectivity index (χ4v) is 3.64. The first kappa shape index (κ1) is 24.9.